The van der Waals surface area contributed by atoms with E-state index in [0.717, 1.165) is 36.5 Å². The van der Waals surface area contributed by atoms with Gasteiger partial charge in [-0.25, -0.2) is 0 Å². The molecule has 21 heavy (non-hydrogen) atoms. The Balaban J connectivity index is 1.77. The standard InChI is InChI=1S/C20H26O/c1-2-14-3-5-17(6-4-14)20(7-8-21)18-10-15-9-16(12-18)13-19(20)11-15/h3-6,8,15-16,18-19H,2,7,9-13H2,1H3. The third kappa shape index (κ3) is 1.93. The number of hydrogen-bond acceptors (Lipinski definition) is 1. The van der Waals surface area contributed by atoms with E-state index in [1.54, 1.807) is 0 Å². The van der Waals surface area contributed by atoms with Crippen molar-refractivity contribution in [3.8, 4) is 0 Å². The molecule has 0 unspecified atom stereocenters. The molecule has 0 aliphatic heterocycles. The van der Waals surface area contributed by atoms with Gasteiger partial charge < -0.3 is 4.79 Å². The highest BCUT2D eigenvalue weighted by molar-refractivity contribution is 5.55. The molecule has 0 amide bonds. The Kier molecular flexibility index (Phi) is 3.20. The summed E-state index contributed by atoms with van der Waals surface area (Å²) < 4.78 is 0. The van der Waals surface area contributed by atoms with Crippen molar-refractivity contribution in [2.75, 3.05) is 0 Å². The Morgan fingerprint density at radius 1 is 1.00 bits per heavy atom. The fourth-order valence-electron chi connectivity index (χ4n) is 6.14. The molecule has 1 nitrogen and oxygen atoms in total. The molecule has 1 heteroatoms. The van der Waals surface area contributed by atoms with Gasteiger partial charge in [-0.1, -0.05) is 31.2 Å². The van der Waals surface area contributed by atoms with Crippen LogP contribution in [0.1, 0.15) is 56.6 Å². The third-order valence-corrected chi connectivity index (χ3v) is 6.92. The predicted molar refractivity (Wildman–Crippen MR) is 85.2 cm³/mol. The van der Waals surface area contributed by atoms with Gasteiger partial charge in [0, 0.05) is 11.8 Å². The average molecular weight is 282 g/mol. The highest BCUT2D eigenvalue weighted by Gasteiger charge is 2.57. The summed E-state index contributed by atoms with van der Waals surface area (Å²) in [5, 5.41) is 0. The molecule has 0 radical (unpaired) electrons. The number of carbonyl (C=O) groups excluding carboxylic acids is 1. The van der Waals surface area contributed by atoms with E-state index >= 15 is 0 Å². The fraction of sp³-hybridized carbons (Fsp3) is 0.650. The molecule has 0 heterocycles. The van der Waals surface area contributed by atoms with Gasteiger partial charge in [-0.15, -0.1) is 0 Å². The van der Waals surface area contributed by atoms with Gasteiger partial charge in [-0.3, -0.25) is 0 Å². The summed E-state index contributed by atoms with van der Waals surface area (Å²) in [5.74, 6) is 3.43. The molecule has 4 saturated carbocycles. The maximum Gasteiger partial charge on any atom is 0.120 e. The van der Waals surface area contributed by atoms with Gasteiger partial charge in [-0.05, 0) is 73.3 Å². The van der Waals surface area contributed by atoms with E-state index in [0.29, 0.717) is 0 Å². The minimum absolute atomic E-state index is 0.168. The van der Waals surface area contributed by atoms with Crippen LogP contribution in [-0.4, -0.2) is 6.29 Å². The van der Waals surface area contributed by atoms with E-state index in [9.17, 15) is 4.79 Å². The van der Waals surface area contributed by atoms with Crippen molar-refractivity contribution in [2.24, 2.45) is 23.7 Å². The molecule has 1 aromatic rings. The number of carbonyl (C=O) groups is 1. The second kappa shape index (κ2) is 4.97. The second-order valence-electron chi connectivity index (χ2n) is 7.77. The van der Waals surface area contributed by atoms with Crippen LogP contribution in [-0.2, 0) is 16.6 Å². The van der Waals surface area contributed by atoms with E-state index in [1.165, 1.54) is 49.5 Å². The van der Waals surface area contributed by atoms with E-state index in [-0.39, 0.29) is 5.41 Å². The third-order valence-electron chi connectivity index (χ3n) is 6.92. The smallest absolute Gasteiger partial charge is 0.120 e. The Hall–Kier alpha value is -1.11. The van der Waals surface area contributed by atoms with E-state index in [2.05, 4.69) is 31.2 Å². The summed E-state index contributed by atoms with van der Waals surface area (Å²) in [6.07, 6.45) is 10.00. The highest BCUT2D eigenvalue weighted by Crippen LogP contribution is 2.63. The van der Waals surface area contributed by atoms with Crippen molar-refractivity contribution in [1.82, 2.24) is 0 Å². The first kappa shape index (κ1) is 13.5. The molecule has 0 spiro atoms. The average Bonchev–Trinajstić information content (AvgIpc) is 2.50. The minimum atomic E-state index is 0.168. The maximum absolute atomic E-state index is 11.5. The molecule has 5 rings (SSSR count). The molecule has 0 saturated heterocycles. The van der Waals surface area contributed by atoms with Gasteiger partial charge in [0.25, 0.3) is 0 Å². The first-order valence-corrected chi connectivity index (χ1v) is 8.79. The van der Waals surface area contributed by atoms with Gasteiger partial charge >= 0.3 is 0 Å². The molecule has 4 fully saturated rings. The largest absolute Gasteiger partial charge is 0.303 e. The van der Waals surface area contributed by atoms with Gasteiger partial charge in [0.1, 0.15) is 6.29 Å². The SMILES string of the molecule is CCc1ccc(C2(CC=O)C3CC4CC(C3)CC2C4)cc1. The highest BCUT2D eigenvalue weighted by atomic mass is 16.1. The van der Waals surface area contributed by atoms with Crippen LogP contribution in [0.2, 0.25) is 0 Å². The summed E-state index contributed by atoms with van der Waals surface area (Å²) in [4.78, 5) is 11.5. The van der Waals surface area contributed by atoms with Crippen molar-refractivity contribution < 1.29 is 4.79 Å². The first-order chi connectivity index (χ1) is 10.3. The monoisotopic (exact) mass is 282 g/mol. The summed E-state index contributed by atoms with van der Waals surface area (Å²) in [6.45, 7) is 2.21. The zero-order chi connectivity index (χ0) is 14.4. The van der Waals surface area contributed by atoms with Gasteiger partial charge in [0.05, 0.1) is 0 Å². The zero-order valence-corrected chi connectivity index (χ0v) is 13.1. The lowest BCUT2D eigenvalue weighted by molar-refractivity contribution is -0.115. The maximum atomic E-state index is 11.5. The lowest BCUT2D eigenvalue weighted by atomic mass is 9.43. The van der Waals surface area contributed by atoms with Crippen LogP contribution in [0.3, 0.4) is 0 Å². The normalized spacial score (nSPS) is 40.4. The number of hydrogen-bond donors (Lipinski definition) is 0. The molecule has 0 atom stereocenters. The summed E-state index contributed by atoms with van der Waals surface area (Å²) in [7, 11) is 0. The van der Waals surface area contributed by atoms with Crippen LogP contribution in [0.5, 0.6) is 0 Å². The molecule has 4 aliphatic carbocycles. The Morgan fingerprint density at radius 2 is 1.57 bits per heavy atom. The number of aldehydes is 1. The zero-order valence-electron chi connectivity index (χ0n) is 13.1. The Bertz CT molecular complexity index is 499. The molecule has 1 aromatic carbocycles. The number of benzene rings is 1. The van der Waals surface area contributed by atoms with Crippen LogP contribution in [0.15, 0.2) is 24.3 Å². The topological polar surface area (TPSA) is 17.1 Å². The predicted octanol–water partition coefficient (Wildman–Crippen LogP) is 4.53. The molecule has 0 aromatic heterocycles. The van der Waals surface area contributed by atoms with Crippen molar-refractivity contribution >= 4 is 6.29 Å². The van der Waals surface area contributed by atoms with Crippen LogP contribution >= 0.6 is 0 Å². The summed E-state index contributed by atoms with van der Waals surface area (Å²) in [5.41, 5.74) is 3.03. The molecule has 112 valence electrons. The van der Waals surface area contributed by atoms with E-state index < -0.39 is 0 Å². The number of rotatable bonds is 4. The van der Waals surface area contributed by atoms with Crippen molar-refractivity contribution in [3.63, 3.8) is 0 Å². The summed E-state index contributed by atoms with van der Waals surface area (Å²) >= 11 is 0. The van der Waals surface area contributed by atoms with E-state index in [1.807, 2.05) is 0 Å². The van der Waals surface area contributed by atoms with Crippen molar-refractivity contribution in [2.45, 2.75) is 57.3 Å². The van der Waals surface area contributed by atoms with Crippen LogP contribution in [0.4, 0.5) is 0 Å². The second-order valence-corrected chi connectivity index (χ2v) is 7.77. The first-order valence-electron chi connectivity index (χ1n) is 8.79. The lowest BCUT2D eigenvalue weighted by Gasteiger charge is -2.61. The van der Waals surface area contributed by atoms with Gasteiger partial charge in [0.2, 0.25) is 0 Å². The molecule has 0 N–H and O–H groups in total. The quantitative estimate of drug-likeness (QED) is 0.741. The fourth-order valence-corrected chi connectivity index (χ4v) is 6.14. The van der Waals surface area contributed by atoms with E-state index in [4.69, 9.17) is 0 Å². The van der Waals surface area contributed by atoms with Crippen LogP contribution in [0, 0.1) is 23.7 Å². The van der Waals surface area contributed by atoms with Gasteiger partial charge in [-0.2, -0.15) is 0 Å². The van der Waals surface area contributed by atoms with Crippen LogP contribution < -0.4 is 0 Å². The van der Waals surface area contributed by atoms with Crippen molar-refractivity contribution in [1.29, 1.82) is 0 Å². The lowest BCUT2D eigenvalue weighted by Crippen LogP contribution is -2.55. The van der Waals surface area contributed by atoms with Crippen molar-refractivity contribution in [3.05, 3.63) is 35.4 Å². The van der Waals surface area contributed by atoms with Gasteiger partial charge in [0.15, 0.2) is 0 Å². The minimum Gasteiger partial charge on any atom is -0.303 e. The van der Waals surface area contributed by atoms with Crippen LogP contribution in [0.25, 0.3) is 0 Å². The molecular formula is C20H26O. The molecule has 4 bridgehead atoms. The molecule has 4 aliphatic rings. The Labute approximate surface area is 128 Å². The molecular weight excluding hydrogens is 256 g/mol. The number of aryl methyl sites for hydroxylation is 1. The Morgan fingerprint density at radius 3 is 2.05 bits per heavy atom. The summed E-state index contributed by atoms with van der Waals surface area (Å²) in [6, 6.07) is 9.25.